The second-order valence-electron chi connectivity index (χ2n) is 3.96. The highest BCUT2D eigenvalue weighted by Gasteiger charge is 2.29. The van der Waals surface area contributed by atoms with Crippen molar-refractivity contribution < 1.29 is 14.6 Å². The molecule has 0 spiro atoms. The fourth-order valence-corrected chi connectivity index (χ4v) is 2.04. The number of benzene rings is 1. The minimum absolute atomic E-state index is 0.145. The molecule has 1 aromatic carbocycles. The molecule has 0 unspecified atom stereocenters. The van der Waals surface area contributed by atoms with Gasteiger partial charge in [0.2, 0.25) is 0 Å². The summed E-state index contributed by atoms with van der Waals surface area (Å²) in [5.74, 6) is 0.0487. The van der Waals surface area contributed by atoms with Crippen molar-refractivity contribution in [3.63, 3.8) is 0 Å². The third-order valence-electron chi connectivity index (χ3n) is 2.96. The van der Waals surface area contributed by atoms with Crippen molar-refractivity contribution in [2.45, 2.75) is 24.9 Å². The van der Waals surface area contributed by atoms with Gasteiger partial charge in [0.05, 0.1) is 7.11 Å². The maximum atomic E-state index is 10.8. The molecule has 0 bridgehead atoms. The number of methoxy groups -OCH3 is 1. The van der Waals surface area contributed by atoms with Gasteiger partial charge in [-0.3, -0.25) is 10.1 Å². The van der Waals surface area contributed by atoms with Gasteiger partial charge in [0.15, 0.2) is 0 Å². The molecule has 1 aliphatic heterocycles. The van der Waals surface area contributed by atoms with Crippen LogP contribution in [0.3, 0.4) is 0 Å². The maximum Gasteiger partial charge on any atom is 0.320 e. The summed E-state index contributed by atoms with van der Waals surface area (Å²) in [5.41, 5.74) is 1.12. The first-order valence-electron chi connectivity index (χ1n) is 5.33. The van der Waals surface area contributed by atoms with Crippen LogP contribution >= 0.6 is 0 Å². The Bertz CT molecular complexity index is 374. The van der Waals surface area contributed by atoms with Crippen LogP contribution < -0.4 is 10.1 Å². The van der Waals surface area contributed by atoms with Crippen molar-refractivity contribution in [3.8, 4) is 5.75 Å². The largest absolute Gasteiger partial charge is 0.497 e. The zero-order valence-corrected chi connectivity index (χ0v) is 9.14. The highest BCUT2D eigenvalue weighted by Crippen LogP contribution is 2.27. The minimum atomic E-state index is -0.768. The first-order chi connectivity index (χ1) is 7.70. The fraction of sp³-hybridized carbons (Fsp3) is 0.417. The Hall–Kier alpha value is -1.55. The molecule has 1 fully saturated rings. The molecule has 0 radical (unpaired) electrons. The van der Waals surface area contributed by atoms with E-state index in [0.29, 0.717) is 6.42 Å². The molecule has 2 N–H and O–H groups in total. The van der Waals surface area contributed by atoms with Crippen LogP contribution in [0.1, 0.15) is 24.4 Å². The first-order valence-corrected chi connectivity index (χ1v) is 5.33. The van der Waals surface area contributed by atoms with Crippen molar-refractivity contribution in [2.24, 2.45) is 0 Å². The number of nitrogens with one attached hydrogen (secondary N) is 1. The van der Waals surface area contributed by atoms with E-state index in [0.717, 1.165) is 17.7 Å². The second kappa shape index (κ2) is 4.53. The number of carboxylic acids is 1. The summed E-state index contributed by atoms with van der Waals surface area (Å²) in [6.45, 7) is 0. The van der Waals surface area contributed by atoms with E-state index in [2.05, 4.69) is 5.32 Å². The minimum Gasteiger partial charge on any atom is -0.497 e. The fourth-order valence-electron chi connectivity index (χ4n) is 2.04. The van der Waals surface area contributed by atoms with Crippen molar-refractivity contribution in [3.05, 3.63) is 29.8 Å². The normalized spacial score (nSPS) is 24.3. The van der Waals surface area contributed by atoms with Gasteiger partial charge in [-0.25, -0.2) is 0 Å². The Morgan fingerprint density at radius 2 is 2.06 bits per heavy atom. The average molecular weight is 221 g/mol. The lowest BCUT2D eigenvalue weighted by atomic mass is 10.1. The Kier molecular flexibility index (Phi) is 3.10. The van der Waals surface area contributed by atoms with Gasteiger partial charge in [-0.2, -0.15) is 0 Å². The van der Waals surface area contributed by atoms with E-state index in [1.54, 1.807) is 7.11 Å². The zero-order valence-electron chi connectivity index (χ0n) is 9.14. The lowest BCUT2D eigenvalue weighted by Gasteiger charge is -2.12. The van der Waals surface area contributed by atoms with Crippen LogP contribution in [-0.2, 0) is 4.79 Å². The third kappa shape index (κ3) is 2.17. The zero-order chi connectivity index (χ0) is 11.5. The highest BCUT2D eigenvalue weighted by molar-refractivity contribution is 5.73. The number of ether oxygens (including phenoxy) is 1. The smallest absolute Gasteiger partial charge is 0.320 e. The number of aliphatic carboxylic acids is 1. The van der Waals surface area contributed by atoms with E-state index < -0.39 is 12.0 Å². The average Bonchev–Trinajstić information content (AvgIpc) is 2.78. The van der Waals surface area contributed by atoms with Crippen molar-refractivity contribution in [2.75, 3.05) is 7.11 Å². The predicted molar refractivity (Wildman–Crippen MR) is 59.5 cm³/mol. The topological polar surface area (TPSA) is 58.6 Å². The standard InChI is InChI=1S/C12H15NO3/c1-16-9-4-2-8(3-5-9)10-6-7-11(13-10)12(14)15/h2-5,10-11,13H,6-7H2,1H3,(H,14,15)/t10-,11+/m1/s1. The molecule has 2 atom stereocenters. The Morgan fingerprint density at radius 1 is 1.38 bits per heavy atom. The van der Waals surface area contributed by atoms with E-state index in [-0.39, 0.29) is 6.04 Å². The molecule has 4 heteroatoms. The lowest BCUT2D eigenvalue weighted by molar-refractivity contribution is -0.139. The van der Waals surface area contributed by atoms with Crippen LogP contribution in [0.15, 0.2) is 24.3 Å². The van der Waals surface area contributed by atoms with Gasteiger partial charge in [0, 0.05) is 6.04 Å². The summed E-state index contributed by atoms with van der Waals surface area (Å²) in [4.78, 5) is 10.8. The molecule has 1 heterocycles. The van der Waals surface area contributed by atoms with Crippen LogP contribution in [-0.4, -0.2) is 24.2 Å². The maximum absolute atomic E-state index is 10.8. The first kappa shape index (κ1) is 11.0. The molecule has 0 saturated carbocycles. The predicted octanol–water partition coefficient (Wildman–Crippen LogP) is 1.57. The Morgan fingerprint density at radius 3 is 2.56 bits per heavy atom. The van der Waals surface area contributed by atoms with Gasteiger partial charge in [-0.1, -0.05) is 12.1 Å². The Labute approximate surface area is 94.2 Å². The molecule has 0 aliphatic carbocycles. The van der Waals surface area contributed by atoms with E-state index in [1.807, 2.05) is 24.3 Å². The number of carbonyl (C=O) groups is 1. The summed E-state index contributed by atoms with van der Waals surface area (Å²) >= 11 is 0. The number of hydrogen-bond acceptors (Lipinski definition) is 3. The molecule has 1 aliphatic rings. The van der Waals surface area contributed by atoms with E-state index >= 15 is 0 Å². The molecule has 4 nitrogen and oxygen atoms in total. The van der Waals surface area contributed by atoms with Crippen molar-refractivity contribution >= 4 is 5.97 Å². The number of hydrogen-bond donors (Lipinski definition) is 2. The van der Waals surface area contributed by atoms with Gasteiger partial charge in [-0.05, 0) is 30.5 Å². The second-order valence-corrected chi connectivity index (χ2v) is 3.96. The Balaban J connectivity index is 2.05. The quantitative estimate of drug-likeness (QED) is 0.813. The van der Waals surface area contributed by atoms with Crippen LogP contribution in [0.25, 0.3) is 0 Å². The monoisotopic (exact) mass is 221 g/mol. The van der Waals surface area contributed by atoms with Crippen molar-refractivity contribution in [1.29, 1.82) is 0 Å². The molecule has 1 aromatic rings. The van der Waals surface area contributed by atoms with Gasteiger partial charge in [-0.15, -0.1) is 0 Å². The lowest BCUT2D eigenvalue weighted by Crippen LogP contribution is -2.31. The number of carboxylic acid groups (broad SMARTS) is 1. The van der Waals surface area contributed by atoms with E-state index in [1.165, 1.54) is 0 Å². The SMILES string of the molecule is COc1ccc([C@H]2CC[C@@H](C(=O)O)N2)cc1. The molecule has 0 aromatic heterocycles. The van der Waals surface area contributed by atoms with Gasteiger partial charge in [0.25, 0.3) is 0 Å². The molecule has 86 valence electrons. The third-order valence-corrected chi connectivity index (χ3v) is 2.96. The van der Waals surface area contributed by atoms with Crippen molar-refractivity contribution in [1.82, 2.24) is 5.32 Å². The number of rotatable bonds is 3. The summed E-state index contributed by atoms with van der Waals surface area (Å²) < 4.78 is 5.08. The summed E-state index contributed by atoms with van der Waals surface area (Å²) in [6, 6.07) is 7.47. The van der Waals surface area contributed by atoms with Crippen LogP contribution in [0.4, 0.5) is 0 Å². The molecule has 16 heavy (non-hydrogen) atoms. The van der Waals surface area contributed by atoms with E-state index in [9.17, 15) is 4.79 Å². The van der Waals surface area contributed by atoms with E-state index in [4.69, 9.17) is 9.84 Å². The van der Waals surface area contributed by atoms with Gasteiger partial charge < -0.3 is 9.84 Å². The molecular weight excluding hydrogens is 206 g/mol. The van der Waals surface area contributed by atoms with Gasteiger partial charge >= 0.3 is 5.97 Å². The van der Waals surface area contributed by atoms with Crippen LogP contribution in [0, 0.1) is 0 Å². The van der Waals surface area contributed by atoms with Crippen LogP contribution in [0.2, 0.25) is 0 Å². The summed E-state index contributed by atoms with van der Waals surface area (Å²) in [5, 5.41) is 12.0. The van der Waals surface area contributed by atoms with Crippen LogP contribution in [0.5, 0.6) is 5.75 Å². The molecule has 2 rings (SSSR count). The summed E-state index contributed by atoms with van der Waals surface area (Å²) in [7, 11) is 1.63. The van der Waals surface area contributed by atoms with Gasteiger partial charge in [0.1, 0.15) is 11.8 Å². The highest BCUT2D eigenvalue weighted by atomic mass is 16.5. The molecule has 1 saturated heterocycles. The molecular formula is C12H15NO3. The summed E-state index contributed by atoms with van der Waals surface area (Å²) in [6.07, 6.45) is 1.55. The molecule has 0 amide bonds.